The summed E-state index contributed by atoms with van der Waals surface area (Å²) in [6.07, 6.45) is 4.59. The van der Waals surface area contributed by atoms with Gasteiger partial charge in [-0.05, 0) is 24.6 Å². The lowest BCUT2D eigenvalue weighted by atomic mass is 10.3. The second kappa shape index (κ2) is 8.68. The lowest BCUT2D eigenvalue weighted by Crippen LogP contribution is -2.29. The summed E-state index contributed by atoms with van der Waals surface area (Å²) in [6.45, 7) is 3.25. The molecule has 2 aromatic rings. The highest BCUT2D eigenvalue weighted by Crippen LogP contribution is 2.16. The number of urea groups is 1. The Morgan fingerprint density at radius 3 is 2.69 bits per heavy atom. The molecule has 0 spiro atoms. The zero-order chi connectivity index (χ0) is 19.2. The minimum absolute atomic E-state index is 0.350. The summed E-state index contributed by atoms with van der Waals surface area (Å²) in [5.74, 6) is 0. The summed E-state index contributed by atoms with van der Waals surface area (Å²) >= 11 is 0. The van der Waals surface area contributed by atoms with Gasteiger partial charge in [-0.2, -0.15) is 17.8 Å². The Hall–Kier alpha value is -2.59. The van der Waals surface area contributed by atoms with Crippen LogP contribution >= 0.6 is 0 Å². The first-order valence-electron chi connectivity index (χ1n) is 8.16. The van der Waals surface area contributed by atoms with E-state index in [1.165, 1.54) is 14.1 Å². The highest BCUT2D eigenvalue weighted by Gasteiger charge is 2.13. The predicted molar refractivity (Wildman–Crippen MR) is 101 cm³/mol. The fraction of sp³-hybridized carbons (Fsp3) is 0.375. The van der Waals surface area contributed by atoms with Crippen LogP contribution in [0, 0.1) is 0 Å². The Morgan fingerprint density at radius 1 is 1.27 bits per heavy atom. The van der Waals surface area contributed by atoms with Crippen molar-refractivity contribution < 1.29 is 13.2 Å². The monoisotopic (exact) mass is 380 g/mol. The van der Waals surface area contributed by atoms with E-state index in [-0.39, 0.29) is 6.03 Å². The number of benzene rings is 1. The molecule has 2 amide bonds. The molecule has 0 atom stereocenters. The largest absolute Gasteiger partial charge is 0.334 e. The quantitative estimate of drug-likeness (QED) is 0.649. The van der Waals surface area contributed by atoms with Crippen molar-refractivity contribution in [3.05, 3.63) is 42.2 Å². The van der Waals surface area contributed by atoms with Gasteiger partial charge >= 0.3 is 16.2 Å². The van der Waals surface area contributed by atoms with Crippen LogP contribution in [0.4, 0.5) is 16.2 Å². The Kier molecular flexibility index (Phi) is 6.58. The van der Waals surface area contributed by atoms with Crippen LogP contribution in [-0.2, 0) is 23.3 Å². The standard InChI is InChI=1S/C16H24N6O3S/c1-4-8-22-12-13(11-18-22)10-17-16(23)19-14-6-5-7-15(9-14)20-26(24,25)21(2)3/h5-7,9,11-12,20H,4,8,10H2,1-3H3,(H2,17,19,23). The van der Waals surface area contributed by atoms with E-state index in [0.717, 1.165) is 22.8 Å². The minimum Gasteiger partial charge on any atom is -0.334 e. The molecule has 0 saturated carbocycles. The number of aryl methyl sites for hydroxylation is 1. The van der Waals surface area contributed by atoms with E-state index in [4.69, 9.17) is 0 Å². The first-order chi connectivity index (χ1) is 12.3. The maximum Gasteiger partial charge on any atom is 0.319 e. The maximum absolute atomic E-state index is 12.0. The van der Waals surface area contributed by atoms with Crippen molar-refractivity contribution in [1.82, 2.24) is 19.4 Å². The number of hydrogen-bond acceptors (Lipinski definition) is 4. The van der Waals surface area contributed by atoms with Crippen molar-refractivity contribution in [3.63, 3.8) is 0 Å². The topological polar surface area (TPSA) is 108 Å². The number of anilines is 2. The van der Waals surface area contributed by atoms with E-state index in [0.29, 0.717) is 17.9 Å². The Balaban J connectivity index is 1.91. The fourth-order valence-electron chi connectivity index (χ4n) is 2.11. The van der Waals surface area contributed by atoms with Gasteiger partial charge in [-0.25, -0.2) is 4.79 Å². The van der Waals surface area contributed by atoms with E-state index in [1.54, 1.807) is 30.5 Å². The van der Waals surface area contributed by atoms with Crippen LogP contribution in [0.5, 0.6) is 0 Å². The van der Waals surface area contributed by atoms with Gasteiger partial charge in [0.1, 0.15) is 0 Å². The van der Waals surface area contributed by atoms with Crippen molar-refractivity contribution >= 4 is 27.6 Å². The molecule has 1 aromatic carbocycles. The Bertz CT molecular complexity index is 847. The molecule has 26 heavy (non-hydrogen) atoms. The van der Waals surface area contributed by atoms with Gasteiger partial charge in [0.15, 0.2) is 0 Å². The normalized spacial score (nSPS) is 11.4. The molecule has 142 valence electrons. The summed E-state index contributed by atoms with van der Waals surface area (Å²) < 4.78 is 29.0. The van der Waals surface area contributed by atoms with Gasteiger partial charge in [0.05, 0.1) is 11.9 Å². The highest BCUT2D eigenvalue weighted by atomic mass is 32.2. The summed E-state index contributed by atoms with van der Waals surface area (Å²) in [4.78, 5) is 12.0. The molecule has 0 aliphatic rings. The van der Waals surface area contributed by atoms with Crippen LogP contribution in [0.1, 0.15) is 18.9 Å². The van der Waals surface area contributed by atoms with Crippen LogP contribution in [0.25, 0.3) is 0 Å². The van der Waals surface area contributed by atoms with Gasteiger partial charge in [-0.15, -0.1) is 0 Å². The maximum atomic E-state index is 12.0. The molecule has 0 saturated heterocycles. The number of nitrogens with one attached hydrogen (secondary N) is 3. The average Bonchev–Trinajstić information content (AvgIpc) is 3.01. The Morgan fingerprint density at radius 2 is 2.00 bits per heavy atom. The van der Waals surface area contributed by atoms with Gasteiger partial charge in [0.25, 0.3) is 0 Å². The molecule has 1 heterocycles. The second-order valence-corrected chi connectivity index (χ2v) is 7.77. The van der Waals surface area contributed by atoms with Crippen molar-refractivity contribution in [3.8, 4) is 0 Å². The first kappa shape index (κ1) is 19.7. The molecular weight excluding hydrogens is 356 g/mol. The summed E-state index contributed by atoms with van der Waals surface area (Å²) in [5, 5.41) is 9.62. The fourth-order valence-corrected chi connectivity index (χ4v) is 2.71. The van der Waals surface area contributed by atoms with Crippen LogP contribution in [0.15, 0.2) is 36.7 Å². The van der Waals surface area contributed by atoms with Gasteiger partial charge < -0.3 is 10.6 Å². The van der Waals surface area contributed by atoms with Gasteiger partial charge in [-0.3, -0.25) is 9.40 Å². The molecular formula is C16H24N6O3S. The van der Waals surface area contributed by atoms with E-state index in [1.807, 2.05) is 10.9 Å². The second-order valence-electron chi connectivity index (χ2n) is 5.89. The number of aromatic nitrogens is 2. The zero-order valence-corrected chi connectivity index (χ0v) is 15.9. The minimum atomic E-state index is -3.60. The van der Waals surface area contributed by atoms with Crippen molar-refractivity contribution in [1.29, 1.82) is 0 Å². The van der Waals surface area contributed by atoms with Gasteiger partial charge in [0, 0.05) is 44.6 Å². The lowest BCUT2D eigenvalue weighted by molar-refractivity contribution is 0.251. The first-order valence-corrected chi connectivity index (χ1v) is 9.60. The predicted octanol–water partition coefficient (Wildman–Crippen LogP) is 1.83. The van der Waals surface area contributed by atoms with Crippen LogP contribution in [0.2, 0.25) is 0 Å². The highest BCUT2D eigenvalue weighted by molar-refractivity contribution is 7.90. The molecule has 9 nitrogen and oxygen atoms in total. The van der Waals surface area contributed by atoms with Crippen LogP contribution in [-0.4, -0.2) is 42.6 Å². The molecule has 2 rings (SSSR count). The average molecular weight is 380 g/mol. The third-order valence-corrected chi connectivity index (χ3v) is 4.90. The number of hydrogen-bond donors (Lipinski definition) is 3. The molecule has 0 radical (unpaired) electrons. The number of carbonyl (C=O) groups is 1. The third kappa shape index (κ3) is 5.74. The summed E-state index contributed by atoms with van der Waals surface area (Å²) in [5.41, 5.74) is 1.74. The molecule has 1 aromatic heterocycles. The Labute approximate surface area is 153 Å². The molecule has 0 fully saturated rings. The lowest BCUT2D eigenvalue weighted by Gasteiger charge is -2.14. The number of amides is 2. The molecule has 0 aliphatic carbocycles. The number of carbonyl (C=O) groups excluding carboxylic acids is 1. The summed E-state index contributed by atoms with van der Waals surface area (Å²) in [7, 11) is -0.737. The molecule has 0 unspecified atom stereocenters. The molecule has 0 bridgehead atoms. The summed E-state index contributed by atoms with van der Waals surface area (Å²) in [6, 6.07) is 6.08. The number of rotatable bonds is 8. The molecule has 0 aliphatic heterocycles. The van der Waals surface area contributed by atoms with Gasteiger partial charge in [0.2, 0.25) is 0 Å². The van der Waals surface area contributed by atoms with Crippen molar-refractivity contribution in [2.24, 2.45) is 0 Å². The van der Waals surface area contributed by atoms with E-state index < -0.39 is 10.2 Å². The van der Waals surface area contributed by atoms with E-state index in [2.05, 4.69) is 27.4 Å². The smallest absolute Gasteiger partial charge is 0.319 e. The third-order valence-electron chi connectivity index (χ3n) is 3.44. The number of nitrogens with zero attached hydrogens (tertiary/aromatic N) is 3. The van der Waals surface area contributed by atoms with Gasteiger partial charge in [-0.1, -0.05) is 13.0 Å². The van der Waals surface area contributed by atoms with E-state index >= 15 is 0 Å². The van der Waals surface area contributed by atoms with Crippen molar-refractivity contribution in [2.75, 3.05) is 24.1 Å². The van der Waals surface area contributed by atoms with Crippen LogP contribution in [0.3, 0.4) is 0 Å². The van der Waals surface area contributed by atoms with Crippen LogP contribution < -0.4 is 15.4 Å². The zero-order valence-electron chi connectivity index (χ0n) is 15.1. The molecule has 10 heteroatoms. The SMILES string of the molecule is CCCn1cc(CNC(=O)Nc2cccc(NS(=O)(=O)N(C)C)c2)cn1. The van der Waals surface area contributed by atoms with E-state index in [9.17, 15) is 13.2 Å². The van der Waals surface area contributed by atoms with Crippen molar-refractivity contribution in [2.45, 2.75) is 26.4 Å². The molecule has 3 N–H and O–H groups in total.